The molecule has 0 N–H and O–H groups in total. The molecule has 2 heterocycles. The molecule has 1 amide bonds. The number of nitrogens with zero attached hydrogens (tertiary/aromatic N) is 3. The van der Waals surface area contributed by atoms with Crippen LogP contribution in [0.2, 0.25) is 5.02 Å². The fourth-order valence-corrected chi connectivity index (χ4v) is 2.98. The molecule has 0 unspecified atom stereocenters. The van der Waals surface area contributed by atoms with Crippen molar-refractivity contribution in [1.82, 2.24) is 14.7 Å². The minimum atomic E-state index is -0.0318. The number of fused-ring (bicyclic) bond motifs is 1. The van der Waals surface area contributed by atoms with E-state index in [1.54, 1.807) is 24.3 Å². The van der Waals surface area contributed by atoms with Gasteiger partial charge in [0.1, 0.15) is 0 Å². The molecule has 1 aliphatic rings. The smallest absolute Gasteiger partial charge is 0.254 e. The molecule has 3 rings (SSSR count). The van der Waals surface area contributed by atoms with E-state index >= 15 is 0 Å². The molecule has 0 atom stereocenters. The zero-order valence-corrected chi connectivity index (χ0v) is 13.9. The van der Waals surface area contributed by atoms with Gasteiger partial charge in [-0.3, -0.25) is 9.48 Å². The van der Waals surface area contributed by atoms with E-state index in [4.69, 9.17) is 11.6 Å². The highest BCUT2D eigenvalue weighted by molar-refractivity contribution is 6.30. The van der Waals surface area contributed by atoms with E-state index in [1.165, 1.54) is 5.69 Å². The van der Waals surface area contributed by atoms with E-state index in [2.05, 4.69) is 30.6 Å². The van der Waals surface area contributed by atoms with Crippen LogP contribution in [-0.4, -0.2) is 27.1 Å². The monoisotopic (exact) mass is 317 g/mol. The number of amides is 1. The van der Waals surface area contributed by atoms with Crippen molar-refractivity contribution in [2.45, 2.75) is 39.3 Å². The van der Waals surface area contributed by atoms with Crippen LogP contribution in [0.15, 0.2) is 30.5 Å². The Balaban J connectivity index is 1.81. The zero-order valence-electron chi connectivity index (χ0n) is 13.1. The van der Waals surface area contributed by atoms with E-state index in [0.29, 0.717) is 17.1 Å². The normalized spacial score (nSPS) is 14.8. The zero-order chi connectivity index (χ0) is 15.9. The van der Waals surface area contributed by atoms with Crippen LogP contribution in [0.3, 0.4) is 0 Å². The highest BCUT2D eigenvalue weighted by Gasteiger charge is 2.27. The van der Waals surface area contributed by atoms with Crippen LogP contribution in [0, 0.1) is 0 Å². The van der Waals surface area contributed by atoms with Gasteiger partial charge >= 0.3 is 0 Å². The number of carbonyl (C=O) groups is 1. The van der Waals surface area contributed by atoms with Gasteiger partial charge in [-0.25, -0.2) is 0 Å². The minimum absolute atomic E-state index is 0.0318. The first kappa shape index (κ1) is 15.1. The van der Waals surface area contributed by atoms with Gasteiger partial charge in [0.25, 0.3) is 5.91 Å². The largest absolute Gasteiger partial charge is 0.334 e. The molecule has 4 nitrogen and oxygen atoms in total. The SMILES string of the molecule is CC(C)(C)n1ncc2c1CCN(C(=O)c1ccc(Cl)cc1)C2. The first-order valence-electron chi connectivity index (χ1n) is 7.47. The summed E-state index contributed by atoms with van der Waals surface area (Å²) in [6.07, 6.45) is 2.73. The molecule has 0 saturated heterocycles. The second-order valence-corrected chi connectivity index (χ2v) is 7.12. The van der Waals surface area contributed by atoms with Gasteiger partial charge in [-0.05, 0) is 45.0 Å². The Morgan fingerprint density at radius 3 is 2.55 bits per heavy atom. The molecule has 0 radical (unpaired) electrons. The Morgan fingerprint density at radius 2 is 1.91 bits per heavy atom. The van der Waals surface area contributed by atoms with Crippen molar-refractivity contribution in [3.05, 3.63) is 52.3 Å². The third-order valence-corrected chi connectivity index (χ3v) is 4.20. The second-order valence-electron chi connectivity index (χ2n) is 6.68. The average Bonchev–Trinajstić information content (AvgIpc) is 2.90. The molecule has 2 aromatic rings. The van der Waals surface area contributed by atoms with Crippen LogP contribution in [0.25, 0.3) is 0 Å². The molecule has 1 aromatic heterocycles. The summed E-state index contributed by atoms with van der Waals surface area (Å²) < 4.78 is 2.08. The molecule has 22 heavy (non-hydrogen) atoms. The molecule has 116 valence electrons. The quantitative estimate of drug-likeness (QED) is 0.807. The molecule has 0 bridgehead atoms. The van der Waals surface area contributed by atoms with Gasteiger partial charge in [-0.2, -0.15) is 5.10 Å². The molecule has 0 spiro atoms. The molecule has 0 saturated carbocycles. The Bertz CT molecular complexity index is 698. The molecule has 0 fully saturated rings. The summed E-state index contributed by atoms with van der Waals surface area (Å²) in [5.74, 6) is 0.0471. The van der Waals surface area contributed by atoms with Gasteiger partial charge in [0.05, 0.1) is 11.7 Å². The Morgan fingerprint density at radius 1 is 1.23 bits per heavy atom. The number of hydrogen-bond acceptors (Lipinski definition) is 2. The first-order valence-corrected chi connectivity index (χ1v) is 7.85. The lowest BCUT2D eigenvalue weighted by Crippen LogP contribution is -2.37. The fourth-order valence-electron chi connectivity index (χ4n) is 2.86. The molecular formula is C17H20ClN3O. The number of benzene rings is 1. The summed E-state index contributed by atoms with van der Waals surface area (Å²) in [4.78, 5) is 14.5. The van der Waals surface area contributed by atoms with E-state index in [9.17, 15) is 4.79 Å². The van der Waals surface area contributed by atoms with Crippen LogP contribution >= 0.6 is 11.6 Å². The van der Waals surface area contributed by atoms with Gasteiger partial charge in [0, 0.05) is 41.4 Å². The number of aromatic nitrogens is 2. The summed E-state index contributed by atoms with van der Waals surface area (Å²) in [6.45, 7) is 7.77. The summed E-state index contributed by atoms with van der Waals surface area (Å²) in [5, 5.41) is 5.15. The van der Waals surface area contributed by atoms with E-state index in [1.807, 2.05) is 11.1 Å². The molecule has 1 aliphatic heterocycles. The third-order valence-electron chi connectivity index (χ3n) is 3.95. The van der Waals surface area contributed by atoms with Crippen molar-refractivity contribution in [2.24, 2.45) is 0 Å². The highest BCUT2D eigenvalue weighted by Crippen LogP contribution is 2.25. The molecular weight excluding hydrogens is 298 g/mol. The average molecular weight is 318 g/mol. The predicted octanol–water partition coefficient (Wildman–Crippen LogP) is 3.49. The van der Waals surface area contributed by atoms with Crippen LogP contribution < -0.4 is 0 Å². The van der Waals surface area contributed by atoms with Gasteiger partial charge in [0.15, 0.2) is 0 Å². The Kier molecular flexibility index (Phi) is 3.73. The first-order chi connectivity index (χ1) is 10.4. The summed E-state index contributed by atoms with van der Waals surface area (Å²) in [7, 11) is 0. The maximum Gasteiger partial charge on any atom is 0.254 e. The lowest BCUT2D eigenvalue weighted by molar-refractivity contribution is 0.0732. The standard InChI is InChI=1S/C17H20ClN3O/c1-17(2,3)21-15-8-9-20(11-13(15)10-19-21)16(22)12-4-6-14(18)7-5-12/h4-7,10H,8-9,11H2,1-3H3. The number of rotatable bonds is 1. The van der Waals surface area contributed by atoms with Crippen molar-refractivity contribution in [1.29, 1.82) is 0 Å². The fraction of sp³-hybridized carbons (Fsp3) is 0.412. The van der Waals surface area contributed by atoms with Gasteiger partial charge in [-0.1, -0.05) is 11.6 Å². The van der Waals surface area contributed by atoms with Crippen molar-refractivity contribution in [3.63, 3.8) is 0 Å². The van der Waals surface area contributed by atoms with Crippen LogP contribution in [0.5, 0.6) is 0 Å². The van der Waals surface area contributed by atoms with Gasteiger partial charge < -0.3 is 4.90 Å². The summed E-state index contributed by atoms with van der Waals surface area (Å²) in [5.41, 5.74) is 3.03. The number of hydrogen-bond donors (Lipinski definition) is 0. The van der Waals surface area contributed by atoms with Crippen molar-refractivity contribution in [3.8, 4) is 0 Å². The van der Waals surface area contributed by atoms with Crippen LogP contribution in [0.1, 0.15) is 42.4 Å². The van der Waals surface area contributed by atoms with Crippen molar-refractivity contribution >= 4 is 17.5 Å². The summed E-state index contributed by atoms with van der Waals surface area (Å²) in [6, 6.07) is 7.06. The molecule has 0 aliphatic carbocycles. The lowest BCUT2D eigenvalue weighted by atomic mass is 10.0. The Hall–Kier alpha value is -1.81. The van der Waals surface area contributed by atoms with E-state index in [-0.39, 0.29) is 11.4 Å². The van der Waals surface area contributed by atoms with Gasteiger partial charge in [-0.15, -0.1) is 0 Å². The number of carbonyl (C=O) groups excluding carboxylic acids is 1. The number of halogens is 1. The minimum Gasteiger partial charge on any atom is -0.334 e. The van der Waals surface area contributed by atoms with E-state index in [0.717, 1.165) is 18.5 Å². The van der Waals surface area contributed by atoms with Crippen molar-refractivity contribution < 1.29 is 4.79 Å². The Labute approximate surface area is 135 Å². The van der Waals surface area contributed by atoms with E-state index < -0.39 is 0 Å². The van der Waals surface area contributed by atoms with Crippen LogP contribution in [0.4, 0.5) is 0 Å². The maximum absolute atomic E-state index is 12.6. The van der Waals surface area contributed by atoms with Crippen molar-refractivity contribution in [2.75, 3.05) is 6.54 Å². The maximum atomic E-state index is 12.6. The third kappa shape index (κ3) is 2.75. The van der Waals surface area contributed by atoms with Gasteiger partial charge in [0.2, 0.25) is 0 Å². The van der Waals surface area contributed by atoms with Crippen LogP contribution in [-0.2, 0) is 18.5 Å². The topological polar surface area (TPSA) is 38.1 Å². The predicted molar refractivity (Wildman–Crippen MR) is 87.1 cm³/mol. The second kappa shape index (κ2) is 5.43. The highest BCUT2D eigenvalue weighted by atomic mass is 35.5. The molecule has 1 aromatic carbocycles. The molecule has 5 heteroatoms. The lowest BCUT2D eigenvalue weighted by Gasteiger charge is -2.30. The summed E-state index contributed by atoms with van der Waals surface area (Å²) >= 11 is 5.88.